The van der Waals surface area contributed by atoms with Gasteiger partial charge in [0.1, 0.15) is 5.82 Å². The Hall–Kier alpha value is -2.34. The molecule has 3 nitrogen and oxygen atoms in total. The zero-order valence-electron chi connectivity index (χ0n) is 10.8. The monoisotopic (exact) mass is 249 g/mol. The van der Waals surface area contributed by atoms with Crippen LogP contribution in [0, 0.1) is 18.3 Å². The number of nitriles is 1. The molecule has 94 valence electrons. The van der Waals surface area contributed by atoms with Crippen molar-refractivity contribution in [1.82, 2.24) is 4.98 Å². The molecule has 0 amide bonds. The molecule has 0 bridgehead atoms. The Labute approximate surface area is 112 Å². The smallest absolute Gasteiger partial charge is 0.127 e. The van der Waals surface area contributed by atoms with E-state index in [-0.39, 0.29) is 0 Å². The van der Waals surface area contributed by atoms with Crippen molar-refractivity contribution < 1.29 is 0 Å². The number of aromatic nitrogens is 1. The van der Waals surface area contributed by atoms with Gasteiger partial charge in [-0.05, 0) is 31.0 Å². The highest BCUT2D eigenvalue weighted by molar-refractivity contribution is 5.47. The summed E-state index contributed by atoms with van der Waals surface area (Å²) < 4.78 is 0. The summed E-state index contributed by atoms with van der Waals surface area (Å²) in [5.41, 5.74) is 2.90. The lowest BCUT2D eigenvalue weighted by Gasteiger charge is -2.06. The molecule has 1 aromatic heterocycles. The Morgan fingerprint density at radius 2 is 2.05 bits per heavy atom. The molecule has 0 radical (unpaired) electrons. The van der Waals surface area contributed by atoms with Crippen LogP contribution in [-0.4, -0.2) is 11.0 Å². The summed E-state index contributed by atoms with van der Waals surface area (Å²) in [7, 11) is 0. The lowest BCUT2D eigenvalue weighted by molar-refractivity contribution is 1.02. The van der Waals surface area contributed by atoms with Crippen molar-refractivity contribution in [3.63, 3.8) is 0 Å². The van der Waals surface area contributed by atoms with Gasteiger partial charge in [0.25, 0.3) is 0 Å². The zero-order chi connectivity index (χ0) is 13.2. The fourth-order valence-corrected chi connectivity index (χ4v) is 2.42. The van der Waals surface area contributed by atoms with E-state index in [1.165, 1.54) is 5.56 Å². The minimum atomic E-state index is 0.434. The summed E-state index contributed by atoms with van der Waals surface area (Å²) in [5.74, 6) is 1.37. The fourth-order valence-electron chi connectivity index (χ4n) is 2.42. The molecule has 0 spiro atoms. The highest BCUT2D eigenvalue weighted by Crippen LogP contribution is 2.42. The Kier molecular flexibility index (Phi) is 2.92. The quantitative estimate of drug-likeness (QED) is 0.908. The molecule has 2 atom stereocenters. The molecule has 3 rings (SSSR count). The molecule has 1 N–H and O–H groups in total. The number of nitrogens with zero attached hydrogens (tertiary/aromatic N) is 2. The number of hydrogen-bond donors (Lipinski definition) is 1. The van der Waals surface area contributed by atoms with Crippen LogP contribution in [0.3, 0.4) is 0 Å². The first kappa shape index (κ1) is 11.7. The van der Waals surface area contributed by atoms with Gasteiger partial charge in [-0.1, -0.05) is 30.3 Å². The minimum Gasteiger partial charge on any atom is -0.367 e. The second-order valence-electron chi connectivity index (χ2n) is 5.00. The van der Waals surface area contributed by atoms with Gasteiger partial charge in [0, 0.05) is 17.7 Å². The third-order valence-electron chi connectivity index (χ3n) is 3.43. The largest absolute Gasteiger partial charge is 0.367 e. The summed E-state index contributed by atoms with van der Waals surface area (Å²) in [6.45, 7) is 1.91. The number of benzene rings is 1. The van der Waals surface area contributed by atoms with Crippen LogP contribution >= 0.6 is 0 Å². The molecule has 1 aromatic carbocycles. The minimum absolute atomic E-state index is 0.434. The topological polar surface area (TPSA) is 48.7 Å². The maximum atomic E-state index is 8.96. The Bertz CT molecular complexity index is 628. The third-order valence-corrected chi connectivity index (χ3v) is 3.43. The summed E-state index contributed by atoms with van der Waals surface area (Å²) in [6, 6.07) is 16.7. The standard InChI is InChI=1S/C16H15N3/c1-11-7-12(10-17)8-16(18-11)19-15-9-14(15)13-5-3-2-4-6-13/h2-8,14-15H,9H2,1H3,(H,18,19). The Balaban J connectivity index is 1.71. The van der Waals surface area contributed by atoms with Crippen LogP contribution in [0.1, 0.15) is 29.2 Å². The van der Waals surface area contributed by atoms with Gasteiger partial charge in [-0.25, -0.2) is 4.98 Å². The summed E-state index contributed by atoms with van der Waals surface area (Å²) in [4.78, 5) is 4.43. The van der Waals surface area contributed by atoms with Crippen LogP contribution in [0.25, 0.3) is 0 Å². The van der Waals surface area contributed by atoms with E-state index in [9.17, 15) is 0 Å². The SMILES string of the molecule is Cc1cc(C#N)cc(NC2CC2c2ccccc2)n1. The first-order valence-corrected chi connectivity index (χ1v) is 6.46. The van der Waals surface area contributed by atoms with E-state index >= 15 is 0 Å². The van der Waals surface area contributed by atoms with Gasteiger partial charge in [-0.3, -0.25) is 0 Å². The maximum absolute atomic E-state index is 8.96. The Morgan fingerprint density at radius 1 is 1.26 bits per heavy atom. The second kappa shape index (κ2) is 4.74. The van der Waals surface area contributed by atoms with Crippen molar-refractivity contribution in [2.45, 2.75) is 25.3 Å². The van der Waals surface area contributed by atoms with Crippen LogP contribution in [0.15, 0.2) is 42.5 Å². The molecule has 1 fully saturated rings. The summed E-state index contributed by atoms with van der Waals surface area (Å²) in [6.07, 6.45) is 1.13. The third kappa shape index (κ3) is 2.58. The van der Waals surface area contributed by atoms with Gasteiger partial charge in [-0.15, -0.1) is 0 Å². The molecule has 0 saturated heterocycles. The molecule has 1 aliphatic rings. The highest BCUT2D eigenvalue weighted by atomic mass is 15.1. The van der Waals surface area contributed by atoms with Gasteiger partial charge < -0.3 is 5.32 Å². The van der Waals surface area contributed by atoms with Crippen molar-refractivity contribution in [1.29, 1.82) is 5.26 Å². The summed E-state index contributed by atoms with van der Waals surface area (Å²) >= 11 is 0. The number of hydrogen-bond acceptors (Lipinski definition) is 3. The van der Waals surface area contributed by atoms with Crippen molar-refractivity contribution in [3.05, 3.63) is 59.3 Å². The lowest BCUT2D eigenvalue weighted by Crippen LogP contribution is -2.06. The molecule has 1 saturated carbocycles. The molecule has 2 unspecified atom stereocenters. The van der Waals surface area contributed by atoms with Crippen LogP contribution in [0.2, 0.25) is 0 Å². The molecule has 19 heavy (non-hydrogen) atoms. The van der Waals surface area contributed by atoms with Crippen LogP contribution in [0.4, 0.5) is 5.82 Å². The van der Waals surface area contributed by atoms with E-state index in [0.29, 0.717) is 17.5 Å². The van der Waals surface area contributed by atoms with Crippen molar-refractivity contribution in [3.8, 4) is 6.07 Å². The van der Waals surface area contributed by atoms with E-state index in [1.807, 2.05) is 19.1 Å². The number of anilines is 1. The maximum Gasteiger partial charge on any atom is 0.127 e. The van der Waals surface area contributed by atoms with E-state index in [0.717, 1.165) is 17.9 Å². The van der Waals surface area contributed by atoms with Gasteiger partial charge in [0.2, 0.25) is 0 Å². The van der Waals surface area contributed by atoms with Crippen LogP contribution in [0.5, 0.6) is 0 Å². The number of aryl methyl sites for hydroxylation is 1. The number of pyridine rings is 1. The predicted molar refractivity (Wildman–Crippen MR) is 74.9 cm³/mol. The van der Waals surface area contributed by atoms with Crippen LogP contribution in [-0.2, 0) is 0 Å². The molecule has 1 aliphatic carbocycles. The van der Waals surface area contributed by atoms with Gasteiger partial charge in [0.15, 0.2) is 0 Å². The lowest BCUT2D eigenvalue weighted by atomic mass is 10.1. The van der Waals surface area contributed by atoms with Crippen LogP contribution < -0.4 is 5.32 Å². The second-order valence-corrected chi connectivity index (χ2v) is 5.00. The van der Waals surface area contributed by atoms with Crippen molar-refractivity contribution in [2.75, 3.05) is 5.32 Å². The average molecular weight is 249 g/mol. The number of nitrogens with one attached hydrogen (secondary N) is 1. The summed E-state index contributed by atoms with van der Waals surface area (Å²) in [5, 5.41) is 12.4. The zero-order valence-corrected chi connectivity index (χ0v) is 10.8. The fraction of sp³-hybridized carbons (Fsp3) is 0.250. The molecule has 2 aromatic rings. The van der Waals surface area contributed by atoms with E-state index in [1.54, 1.807) is 6.07 Å². The van der Waals surface area contributed by atoms with E-state index in [4.69, 9.17) is 5.26 Å². The molecule has 0 aliphatic heterocycles. The normalized spacial score (nSPS) is 20.6. The predicted octanol–water partition coefficient (Wildman–Crippen LogP) is 3.23. The Morgan fingerprint density at radius 3 is 2.79 bits per heavy atom. The molecular weight excluding hydrogens is 234 g/mol. The molecule has 1 heterocycles. The van der Waals surface area contributed by atoms with E-state index < -0.39 is 0 Å². The van der Waals surface area contributed by atoms with Crippen molar-refractivity contribution in [2.24, 2.45) is 0 Å². The van der Waals surface area contributed by atoms with Crippen molar-refractivity contribution >= 4 is 5.82 Å². The molecular formula is C16H15N3. The van der Waals surface area contributed by atoms with Gasteiger partial charge in [0.05, 0.1) is 11.6 Å². The van der Waals surface area contributed by atoms with E-state index in [2.05, 4.69) is 40.6 Å². The number of rotatable bonds is 3. The average Bonchev–Trinajstić information content (AvgIpc) is 3.18. The van der Waals surface area contributed by atoms with Gasteiger partial charge >= 0.3 is 0 Å². The highest BCUT2D eigenvalue weighted by Gasteiger charge is 2.38. The molecule has 3 heteroatoms. The first-order chi connectivity index (χ1) is 9.26. The first-order valence-electron chi connectivity index (χ1n) is 6.46. The van der Waals surface area contributed by atoms with Gasteiger partial charge in [-0.2, -0.15) is 5.26 Å².